The molecule has 1 saturated heterocycles. The summed E-state index contributed by atoms with van der Waals surface area (Å²) in [5.74, 6) is 0.469. The van der Waals surface area contributed by atoms with Gasteiger partial charge in [0.15, 0.2) is 5.16 Å². The monoisotopic (exact) mass is 565 g/mol. The van der Waals surface area contributed by atoms with E-state index >= 15 is 0 Å². The van der Waals surface area contributed by atoms with Crippen LogP contribution in [0.25, 0.3) is 16.6 Å². The third kappa shape index (κ3) is 6.09. The van der Waals surface area contributed by atoms with Gasteiger partial charge in [-0.2, -0.15) is 13.2 Å². The molecule has 0 bridgehead atoms. The molecule has 40 heavy (non-hydrogen) atoms. The van der Waals surface area contributed by atoms with E-state index in [4.69, 9.17) is 0 Å². The van der Waals surface area contributed by atoms with Gasteiger partial charge in [0.2, 0.25) is 5.91 Å². The quantitative estimate of drug-likeness (QED) is 0.184. The SMILES string of the molecule is CCC(Sc1nc2ccccc2c(=O)n1-c1cccc(C(F)(F)F)c1)C(=O)N1CCC(Cc2ccccc2)CC1. The molecule has 1 amide bonds. The number of amides is 1. The second-order valence-corrected chi connectivity index (χ2v) is 11.2. The van der Waals surface area contributed by atoms with Crippen molar-refractivity contribution in [2.24, 2.45) is 5.92 Å². The molecule has 208 valence electrons. The van der Waals surface area contributed by atoms with Crippen LogP contribution in [0.3, 0.4) is 0 Å². The second-order valence-electron chi connectivity index (χ2n) is 10.1. The number of para-hydroxylation sites is 1. The molecule has 0 N–H and O–H groups in total. The lowest BCUT2D eigenvalue weighted by Crippen LogP contribution is -2.43. The predicted molar refractivity (Wildman–Crippen MR) is 152 cm³/mol. The number of hydrogen-bond donors (Lipinski definition) is 0. The first-order valence-electron chi connectivity index (χ1n) is 13.4. The molecule has 1 atom stereocenters. The summed E-state index contributed by atoms with van der Waals surface area (Å²) in [5.41, 5.74) is 0.454. The minimum atomic E-state index is -4.56. The van der Waals surface area contributed by atoms with Crippen LogP contribution in [-0.4, -0.2) is 38.7 Å². The van der Waals surface area contributed by atoms with E-state index in [2.05, 4.69) is 17.1 Å². The van der Waals surface area contributed by atoms with Gasteiger partial charge in [0.1, 0.15) is 0 Å². The molecule has 1 aliphatic heterocycles. The van der Waals surface area contributed by atoms with Crippen molar-refractivity contribution in [2.45, 2.75) is 49.2 Å². The van der Waals surface area contributed by atoms with E-state index in [0.29, 0.717) is 36.3 Å². The number of benzene rings is 3. The van der Waals surface area contributed by atoms with Crippen LogP contribution in [0.2, 0.25) is 0 Å². The number of hydrogen-bond acceptors (Lipinski definition) is 4. The van der Waals surface area contributed by atoms with Gasteiger partial charge < -0.3 is 4.90 Å². The third-order valence-electron chi connectivity index (χ3n) is 7.36. The number of carbonyl (C=O) groups is 1. The summed E-state index contributed by atoms with van der Waals surface area (Å²) in [6.07, 6.45) is -1.28. The number of thioether (sulfide) groups is 1. The maximum atomic E-state index is 13.6. The summed E-state index contributed by atoms with van der Waals surface area (Å²) < 4.78 is 41.7. The fraction of sp³-hybridized carbons (Fsp3) is 0.323. The number of piperidine rings is 1. The van der Waals surface area contributed by atoms with E-state index in [0.717, 1.165) is 43.2 Å². The molecule has 9 heteroatoms. The summed E-state index contributed by atoms with van der Waals surface area (Å²) in [7, 11) is 0. The summed E-state index contributed by atoms with van der Waals surface area (Å²) >= 11 is 1.14. The van der Waals surface area contributed by atoms with E-state index in [9.17, 15) is 22.8 Å². The molecule has 5 rings (SSSR count). The van der Waals surface area contributed by atoms with Crippen molar-refractivity contribution in [2.75, 3.05) is 13.1 Å². The molecule has 1 unspecified atom stereocenters. The number of alkyl halides is 3. The molecule has 3 aromatic carbocycles. The lowest BCUT2D eigenvalue weighted by atomic mass is 9.90. The van der Waals surface area contributed by atoms with E-state index in [-0.39, 0.29) is 16.8 Å². The molecule has 4 aromatic rings. The van der Waals surface area contributed by atoms with Gasteiger partial charge in [-0.15, -0.1) is 0 Å². The Kier molecular flexibility index (Phi) is 8.30. The van der Waals surface area contributed by atoms with E-state index < -0.39 is 22.5 Å². The zero-order chi connectivity index (χ0) is 28.3. The van der Waals surface area contributed by atoms with Crippen LogP contribution in [0.5, 0.6) is 0 Å². The Bertz CT molecular complexity index is 1550. The van der Waals surface area contributed by atoms with Crippen molar-refractivity contribution in [3.8, 4) is 5.69 Å². The topological polar surface area (TPSA) is 55.2 Å². The summed E-state index contributed by atoms with van der Waals surface area (Å²) in [6, 6.07) is 21.7. The van der Waals surface area contributed by atoms with E-state index in [1.54, 1.807) is 24.3 Å². The highest BCUT2D eigenvalue weighted by molar-refractivity contribution is 8.00. The summed E-state index contributed by atoms with van der Waals surface area (Å²) in [5, 5.41) is -0.0397. The van der Waals surface area contributed by atoms with Crippen molar-refractivity contribution in [3.63, 3.8) is 0 Å². The van der Waals surface area contributed by atoms with Gasteiger partial charge in [-0.05, 0) is 67.5 Å². The largest absolute Gasteiger partial charge is 0.416 e. The first-order valence-corrected chi connectivity index (χ1v) is 14.3. The normalized spacial score (nSPS) is 15.3. The number of rotatable bonds is 7. The van der Waals surface area contributed by atoms with Crippen LogP contribution in [0, 0.1) is 5.92 Å². The van der Waals surface area contributed by atoms with Gasteiger partial charge in [-0.1, -0.05) is 67.2 Å². The van der Waals surface area contributed by atoms with Gasteiger partial charge in [-0.25, -0.2) is 4.98 Å². The van der Waals surface area contributed by atoms with E-state index in [1.807, 2.05) is 30.0 Å². The first kappa shape index (κ1) is 28.0. The number of halogens is 3. The lowest BCUT2D eigenvalue weighted by Gasteiger charge is -2.34. The molecule has 2 heterocycles. The van der Waals surface area contributed by atoms with Crippen LogP contribution in [0.15, 0.2) is 88.8 Å². The molecular formula is C31H30F3N3O2S. The minimum Gasteiger partial charge on any atom is -0.342 e. The number of fused-ring (bicyclic) bond motifs is 1. The molecule has 0 saturated carbocycles. The third-order valence-corrected chi connectivity index (χ3v) is 8.67. The summed E-state index contributed by atoms with van der Waals surface area (Å²) in [4.78, 5) is 33.7. The Hall–Kier alpha value is -3.59. The van der Waals surface area contributed by atoms with Crippen LogP contribution in [0.1, 0.15) is 37.3 Å². The van der Waals surface area contributed by atoms with Crippen LogP contribution in [-0.2, 0) is 17.4 Å². The van der Waals surface area contributed by atoms with Crippen molar-refractivity contribution in [1.82, 2.24) is 14.5 Å². The van der Waals surface area contributed by atoms with Crippen molar-refractivity contribution >= 4 is 28.6 Å². The molecule has 0 spiro atoms. The average Bonchev–Trinajstić information content (AvgIpc) is 2.96. The number of nitrogens with zero attached hydrogens (tertiary/aromatic N) is 3. The van der Waals surface area contributed by atoms with Crippen molar-refractivity contribution in [3.05, 3.63) is 100 Å². The fourth-order valence-corrected chi connectivity index (χ4v) is 6.30. The Morgan fingerprint density at radius 1 is 1.00 bits per heavy atom. The number of carbonyl (C=O) groups excluding carboxylic acids is 1. The van der Waals surface area contributed by atoms with Crippen LogP contribution >= 0.6 is 11.8 Å². The molecule has 1 aliphatic rings. The van der Waals surface area contributed by atoms with Gasteiger partial charge in [0.25, 0.3) is 5.56 Å². The zero-order valence-corrected chi connectivity index (χ0v) is 22.9. The molecule has 0 radical (unpaired) electrons. The number of aromatic nitrogens is 2. The van der Waals surface area contributed by atoms with E-state index in [1.165, 1.54) is 22.3 Å². The first-order chi connectivity index (χ1) is 19.2. The molecule has 0 aliphatic carbocycles. The number of likely N-dealkylation sites (tertiary alicyclic amines) is 1. The second kappa shape index (κ2) is 11.9. The molecular weight excluding hydrogens is 535 g/mol. The fourth-order valence-electron chi connectivity index (χ4n) is 5.18. The standard InChI is InChI=1S/C31H30F3N3O2S/c1-2-27(29(39)36-17-15-22(16-18-36)19-21-9-4-3-5-10-21)40-30-35-26-14-7-6-13-25(26)28(38)37(30)24-12-8-11-23(20-24)31(32,33)34/h3-14,20,22,27H,2,15-19H2,1H3. The highest BCUT2D eigenvalue weighted by Gasteiger charge is 2.32. The average molecular weight is 566 g/mol. The Balaban J connectivity index is 1.41. The Labute approximate surface area is 235 Å². The van der Waals surface area contributed by atoms with Crippen molar-refractivity contribution in [1.29, 1.82) is 0 Å². The maximum absolute atomic E-state index is 13.6. The zero-order valence-electron chi connectivity index (χ0n) is 22.1. The Morgan fingerprint density at radius 2 is 1.70 bits per heavy atom. The maximum Gasteiger partial charge on any atom is 0.416 e. The van der Waals surface area contributed by atoms with Gasteiger partial charge in [0.05, 0.1) is 27.4 Å². The Morgan fingerprint density at radius 3 is 2.40 bits per heavy atom. The van der Waals surface area contributed by atoms with Crippen LogP contribution < -0.4 is 5.56 Å². The van der Waals surface area contributed by atoms with Gasteiger partial charge in [0, 0.05) is 13.1 Å². The highest BCUT2D eigenvalue weighted by atomic mass is 32.2. The van der Waals surface area contributed by atoms with Crippen LogP contribution in [0.4, 0.5) is 13.2 Å². The van der Waals surface area contributed by atoms with Gasteiger partial charge in [-0.3, -0.25) is 14.2 Å². The molecule has 1 aromatic heterocycles. The lowest BCUT2D eigenvalue weighted by molar-refractivity contribution is -0.137. The predicted octanol–water partition coefficient (Wildman–Crippen LogP) is 6.76. The highest BCUT2D eigenvalue weighted by Crippen LogP contribution is 2.33. The molecule has 1 fully saturated rings. The van der Waals surface area contributed by atoms with Gasteiger partial charge >= 0.3 is 6.18 Å². The van der Waals surface area contributed by atoms with Crippen molar-refractivity contribution < 1.29 is 18.0 Å². The minimum absolute atomic E-state index is 0.0383. The summed E-state index contributed by atoms with van der Waals surface area (Å²) in [6.45, 7) is 3.20. The molecule has 5 nitrogen and oxygen atoms in total. The smallest absolute Gasteiger partial charge is 0.342 e.